The first kappa shape index (κ1) is 19.7. The Balaban J connectivity index is 1.60. The Morgan fingerprint density at radius 1 is 1.15 bits per heavy atom. The van der Waals surface area contributed by atoms with Crippen LogP contribution in [0.3, 0.4) is 0 Å². The summed E-state index contributed by atoms with van der Waals surface area (Å²) >= 11 is 0. The van der Waals surface area contributed by atoms with Crippen molar-refractivity contribution in [2.24, 2.45) is 5.41 Å². The molecule has 0 aromatic carbocycles. The molecule has 2 saturated heterocycles. The second-order valence-electron chi connectivity index (χ2n) is 8.38. The van der Waals surface area contributed by atoms with Crippen molar-refractivity contribution in [3.8, 4) is 0 Å². The number of aromatic nitrogens is 2. The van der Waals surface area contributed by atoms with Crippen LogP contribution in [0.1, 0.15) is 45.9 Å². The average Bonchev–Trinajstić information content (AvgIpc) is 2.97. The Morgan fingerprint density at radius 2 is 1.78 bits per heavy atom. The van der Waals surface area contributed by atoms with E-state index in [1.165, 1.54) is 6.07 Å². The standard InChI is InChI=1S/C18H25F3N4O2/c1-16(2,3)27-15(26)25-11-7-17(12-25)5-9-24(10-6-17)13-4-8-22-14(23-13)18(19,20)21/h4,8H,5-7,9-12H2,1-3H3. The molecular weight excluding hydrogens is 361 g/mol. The number of amides is 1. The molecule has 9 heteroatoms. The zero-order chi connectivity index (χ0) is 19.9. The summed E-state index contributed by atoms with van der Waals surface area (Å²) in [5.41, 5.74) is -0.521. The summed E-state index contributed by atoms with van der Waals surface area (Å²) in [6.45, 7) is 8.02. The Morgan fingerprint density at radius 3 is 2.37 bits per heavy atom. The van der Waals surface area contributed by atoms with Gasteiger partial charge in [0.15, 0.2) is 0 Å². The number of hydrogen-bond donors (Lipinski definition) is 0. The van der Waals surface area contributed by atoms with Gasteiger partial charge in [-0.15, -0.1) is 0 Å². The van der Waals surface area contributed by atoms with Gasteiger partial charge in [-0.2, -0.15) is 13.2 Å². The minimum Gasteiger partial charge on any atom is -0.444 e. The van der Waals surface area contributed by atoms with E-state index in [4.69, 9.17) is 4.74 Å². The second-order valence-corrected chi connectivity index (χ2v) is 8.38. The molecule has 0 saturated carbocycles. The number of piperidine rings is 1. The van der Waals surface area contributed by atoms with Gasteiger partial charge in [-0.05, 0) is 51.5 Å². The van der Waals surface area contributed by atoms with E-state index >= 15 is 0 Å². The predicted molar refractivity (Wildman–Crippen MR) is 93.3 cm³/mol. The molecule has 0 aliphatic carbocycles. The normalized spacial score (nSPS) is 20.2. The lowest BCUT2D eigenvalue weighted by atomic mass is 9.78. The third-order valence-corrected chi connectivity index (χ3v) is 5.13. The topological polar surface area (TPSA) is 58.6 Å². The molecule has 1 aromatic heterocycles. The number of anilines is 1. The van der Waals surface area contributed by atoms with Gasteiger partial charge in [0.1, 0.15) is 11.4 Å². The van der Waals surface area contributed by atoms with Gasteiger partial charge in [0, 0.05) is 32.4 Å². The molecule has 2 aliphatic heterocycles. The van der Waals surface area contributed by atoms with E-state index < -0.39 is 17.6 Å². The minimum atomic E-state index is -4.55. The SMILES string of the molecule is CC(C)(C)OC(=O)N1CCC2(CCN(c3ccnc(C(F)(F)F)n3)CC2)C1. The zero-order valence-corrected chi connectivity index (χ0v) is 15.8. The van der Waals surface area contributed by atoms with Crippen LogP contribution in [0.25, 0.3) is 0 Å². The van der Waals surface area contributed by atoms with Crippen LogP contribution in [0.5, 0.6) is 0 Å². The van der Waals surface area contributed by atoms with Crippen LogP contribution in [0.4, 0.5) is 23.8 Å². The number of carbonyl (C=O) groups excluding carboxylic acids is 1. The van der Waals surface area contributed by atoms with Gasteiger partial charge in [0.2, 0.25) is 5.82 Å². The average molecular weight is 386 g/mol. The molecule has 2 fully saturated rings. The molecule has 2 aliphatic rings. The third-order valence-electron chi connectivity index (χ3n) is 5.13. The molecule has 0 atom stereocenters. The Hall–Kier alpha value is -2.06. The highest BCUT2D eigenvalue weighted by molar-refractivity contribution is 5.68. The fourth-order valence-electron chi connectivity index (χ4n) is 3.70. The van der Waals surface area contributed by atoms with E-state index in [2.05, 4.69) is 9.97 Å². The van der Waals surface area contributed by atoms with Gasteiger partial charge in [0.25, 0.3) is 0 Å². The maximum atomic E-state index is 12.8. The number of hydrogen-bond acceptors (Lipinski definition) is 5. The van der Waals surface area contributed by atoms with Crippen LogP contribution in [-0.2, 0) is 10.9 Å². The molecule has 3 heterocycles. The zero-order valence-electron chi connectivity index (χ0n) is 15.8. The highest BCUT2D eigenvalue weighted by Crippen LogP contribution is 2.41. The summed E-state index contributed by atoms with van der Waals surface area (Å²) in [4.78, 5) is 22.9. The first-order valence-electron chi connectivity index (χ1n) is 9.11. The van der Waals surface area contributed by atoms with E-state index in [1.54, 1.807) is 4.90 Å². The van der Waals surface area contributed by atoms with Crippen LogP contribution in [0.2, 0.25) is 0 Å². The first-order chi connectivity index (χ1) is 12.5. The lowest BCUT2D eigenvalue weighted by Gasteiger charge is -2.39. The summed E-state index contributed by atoms with van der Waals surface area (Å²) in [7, 11) is 0. The molecule has 1 aromatic rings. The third kappa shape index (κ3) is 4.62. The van der Waals surface area contributed by atoms with Crippen molar-refractivity contribution < 1.29 is 22.7 Å². The summed E-state index contributed by atoms with van der Waals surface area (Å²) < 4.78 is 43.9. The molecular formula is C18H25F3N4O2. The van der Waals surface area contributed by atoms with Crippen molar-refractivity contribution >= 4 is 11.9 Å². The molecule has 1 amide bonds. The first-order valence-corrected chi connectivity index (χ1v) is 9.11. The molecule has 3 rings (SSSR count). The van der Waals surface area contributed by atoms with Crippen LogP contribution < -0.4 is 4.90 Å². The Bertz CT molecular complexity index is 695. The molecule has 0 unspecified atom stereocenters. The minimum absolute atomic E-state index is 0.00723. The van der Waals surface area contributed by atoms with E-state index in [0.717, 1.165) is 25.5 Å². The Labute approximate surface area is 156 Å². The molecule has 0 bridgehead atoms. The smallest absolute Gasteiger partial charge is 0.444 e. The van der Waals surface area contributed by atoms with Crippen LogP contribution >= 0.6 is 0 Å². The Kier molecular flexibility index (Phi) is 4.98. The van der Waals surface area contributed by atoms with Gasteiger partial charge < -0.3 is 14.5 Å². The number of alkyl halides is 3. The van der Waals surface area contributed by atoms with E-state index in [-0.39, 0.29) is 11.5 Å². The number of nitrogens with zero attached hydrogens (tertiary/aromatic N) is 4. The highest BCUT2D eigenvalue weighted by Gasteiger charge is 2.43. The summed E-state index contributed by atoms with van der Waals surface area (Å²) in [5, 5.41) is 0. The van der Waals surface area contributed by atoms with Crippen LogP contribution in [0.15, 0.2) is 12.3 Å². The summed E-state index contributed by atoms with van der Waals surface area (Å²) in [5.74, 6) is -0.813. The highest BCUT2D eigenvalue weighted by atomic mass is 19.4. The molecule has 27 heavy (non-hydrogen) atoms. The number of carbonyl (C=O) groups is 1. The quantitative estimate of drug-likeness (QED) is 0.736. The number of rotatable bonds is 1. The van der Waals surface area contributed by atoms with Crippen molar-refractivity contribution in [3.05, 3.63) is 18.1 Å². The van der Waals surface area contributed by atoms with Gasteiger partial charge >= 0.3 is 12.3 Å². The van der Waals surface area contributed by atoms with Gasteiger partial charge in [-0.25, -0.2) is 14.8 Å². The van der Waals surface area contributed by atoms with E-state index in [9.17, 15) is 18.0 Å². The van der Waals surface area contributed by atoms with Gasteiger partial charge in [0.05, 0.1) is 0 Å². The largest absolute Gasteiger partial charge is 0.451 e. The van der Waals surface area contributed by atoms with Crippen molar-refractivity contribution in [1.82, 2.24) is 14.9 Å². The van der Waals surface area contributed by atoms with Crippen molar-refractivity contribution in [2.45, 2.75) is 51.8 Å². The van der Waals surface area contributed by atoms with Crippen molar-refractivity contribution in [3.63, 3.8) is 0 Å². The molecule has 0 N–H and O–H groups in total. The van der Waals surface area contributed by atoms with Gasteiger partial charge in [-0.3, -0.25) is 0 Å². The number of ether oxygens (including phenoxy) is 1. The fraction of sp³-hybridized carbons (Fsp3) is 0.722. The maximum Gasteiger partial charge on any atom is 0.451 e. The lowest BCUT2D eigenvalue weighted by Crippen LogP contribution is -2.43. The number of likely N-dealkylation sites (tertiary alicyclic amines) is 1. The number of halogens is 3. The monoisotopic (exact) mass is 386 g/mol. The van der Waals surface area contributed by atoms with Crippen molar-refractivity contribution in [2.75, 3.05) is 31.1 Å². The van der Waals surface area contributed by atoms with Crippen LogP contribution in [0, 0.1) is 5.41 Å². The summed E-state index contributed by atoms with van der Waals surface area (Å²) in [6.07, 6.45) is -1.21. The molecule has 6 nitrogen and oxygen atoms in total. The fourth-order valence-corrected chi connectivity index (χ4v) is 3.70. The van der Waals surface area contributed by atoms with Crippen molar-refractivity contribution in [1.29, 1.82) is 0 Å². The molecule has 150 valence electrons. The van der Waals surface area contributed by atoms with E-state index in [0.29, 0.717) is 32.0 Å². The van der Waals surface area contributed by atoms with Gasteiger partial charge in [-0.1, -0.05) is 0 Å². The maximum absolute atomic E-state index is 12.8. The summed E-state index contributed by atoms with van der Waals surface area (Å²) in [6, 6.07) is 1.51. The molecule has 1 spiro atoms. The van der Waals surface area contributed by atoms with E-state index in [1.807, 2.05) is 25.7 Å². The molecule has 0 radical (unpaired) electrons. The van der Waals surface area contributed by atoms with Crippen LogP contribution in [-0.4, -0.2) is 52.7 Å². The second kappa shape index (κ2) is 6.83. The lowest BCUT2D eigenvalue weighted by molar-refractivity contribution is -0.144. The predicted octanol–water partition coefficient (Wildman–Crippen LogP) is 3.72.